The highest BCUT2D eigenvalue weighted by Gasteiger charge is 2.47. The maximum absolute atomic E-state index is 11.1. The van der Waals surface area contributed by atoms with Gasteiger partial charge in [0.1, 0.15) is 18.3 Å². The topological polar surface area (TPSA) is 174 Å². The summed E-state index contributed by atoms with van der Waals surface area (Å²) in [6, 6.07) is -1.21. The molecule has 0 radical (unpaired) electrons. The van der Waals surface area contributed by atoms with Crippen LogP contribution in [0.2, 0.25) is 0 Å². The molecule has 1 saturated heterocycles. The van der Waals surface area contributed by atoms with Gasteiger partial charge in [-0.1, -0.05) is 0 Å². The number of hydrogen-bond donors (Lipinski definition) is 6. The Bertz CT molecular complexity index is 467. The molecule has 0 aliphatic carbocycles. The molecule has 0 aromatic heterocycles. The van der Waals surface area contributed by atoms with Crippen LogP contribution < -0.4 is 5.32 Å². The van der Waals surface area contributed by atoms with Gasteiger partial charge in [-0.2, -0.15) is 8.42 Å². The van der Waals surface area contributed by atoms with Crippen LogP contribution in [0.25, 0.3) is 0 Å². The zero-order valence-electron chi connectivity index (χ0n) is 11.2. The number of rotatable bonds is 5. The van der Waals surface area contributed by atoms with Gasteiger partial charge in [-0.3, -0.25) is 9.35 Å². The highest BCUT2D eigenvalue weighted by atomic mass is 32.2. The van der Waals surface area contributed by atoms with Crippen molar-refractivity contribution >= 4 is 16.0 Å². The molecule has 1 rings (SSSR count). The van der Waals surface area contributed by atoms with Gasteiger partial charge >= 0.3 is 0 Å². The lowest BCUT2D eigenvalue weighted by molar-refractivity contribution is -0.166. The van der Waals surface area contributed by atoms with E-state index in [4.69, 9.17) is 14.4 Å². The van der Waals surface area contributed by atoms with Gasteiger partial charge in [-0.25, -0.2) is 0 Å². The van der Waals surface area contributed by atoms with Crippen LogP contribution in [0.5, 0.6) is 0 Å². The largest absolute Gasteiger partial charge is 0.394 e. The fraction of sp³-hybridized carbons (Fsp3) is 0.900. The fourth-order valence-corrected chi connectivity index (χ4v) is 2.81. The smallest absolute Gasteiger partial charge is 0.292 e. The minimum absolute atomic E-state index is 0.526. The SMILES string of the molecule is CC(=O)N[C@H]1[C@H]([C@H](O)[C@H](O)CO)O[C@@H](S(=O)(=O)O)C[C@@H]1O. The van der Waals surface area contributed by atoms with Crippen LogP contribution in [0.4, 0.5) is 0 Å². The number of aliphatic hydroxyl groups is 4. The summed E-state index contributed by atoms with van der Waals surface area (Å²) >= 11 is 0. The van der Waals surface area contributed by atoms with E-state index >= 15 is 0 Å². The van der Waals surface area contributed by atoms with Crippen molar-refractivity contribution in [3.05, 3.63) is 0 Å². The second kappa shape index (κ2) is 6.96. The molecular weight excluding hydrogens is 310 g/mol. The van der Waals surface area contributed by atoms with E-state index in [9.17, 15) is 28.5 Å². The first-order valence-corrected chi connectivity index (χ1v) is 7.62. The van der Waals surface area contributed by atoms with Crippen molar-refractivity contribution in [2.45, 2.75) is 49.2 Å². The molecule has 11 heteroatoms. The van der Waals surface area contributed by atoms with Gasteiger partial charge in [0, 0.05) is 13.3 Å². The number of hydrogen-bond acceptors (Lipinski definition) is 8. The summed E-state index contributed by atoms with van der Waals surface area (Å²) in [7, 11) is -4.66. The van der Waals surface area contributed by atoms with E-state index in [0.29, 0.717) is 0 Å². The minimum Gasteiger partial charge on any atom is -0.394 e. The number of aliphatic hydroxyl groups excluding tert-OH is 4. The first-order valence-electron chi connectivity index (χ1n) is 6.11. The van der Waals surface area contributed by atoms with Crippen molar-refractivity contribution in [2.75, 3.05) is 6.61 Å². The third kappa shape index (κ3) is 4.57. The second-order valence-electron chi connectivity index (χ2n) is 4.82. The molecule has 0 bridgehead atoms. The van der Waals surface area contributed by atoms with Crippen molar-refractivity contribution in [3.63, 3.8) is 0 Å². The molecule has 1 aliphatic heterocycles. The van der Waals surface area contributed by atoms with Crippen LogP contribution in [0.15, 0.2) is 0 Å². The molecular formula is C10H19NO9S. The Labute approximate surface area is 121 Å². The summed E-state index contributed by atoms with van der Waals surface area (Å²) in [6.07, 6.45) is -6.97. The van der Waals surface area contributed by atoms with Crippen LogP contribution in [0, 0.1) is 0 Å². The molecule has 0 aromatic rings. The quantitative estimate of drug-likeness (QED) is 0.280. The van der Waals surface area contributed by atoms with Crippen LogP contribution in [-0.2, 0) is 19.6 Å². The van der Waals surface area contributed by atoms with Crippen LogP contribution in [0.3, 0.4) is 0 Å². The highest BCUT2D eigenvalue weighted by molar-refractivity contribution is 7.86. The summed E-state index contributed by atoms with van der Waals surface area (Å²) in [5, 5.41) is 40.3. The Morgan fingerprint density at radius 2 is 2.00 bits per heavy atom. The Hall–Kier alpha value is -0.820. The molecule has 6 atom stereocenters. The van der Waals surface area contributed by atoms with Crippen LogP contribution >= 0.6 is 0 Å². The van der Waals surface area contributed by atoms with Crippen molar-refractivity contribution < 1.29 is 42.9 Å². The van der Waals surface area contributed by atoms with Crippen molar-refractivity contribution in [3.8, 4) is 0 Å². The third-order valence-corrected chi connectivity index (χ3v) is 4.10. The Balaban J connectivity index is 3.04. The van der Waals surface area contributed by atoms with Gasteiger partial charge in [0.2, 0.25) is 5.91 Å². The molecule has 21 heavy (non-hydrogen) atoms. The molecule has 0 unspecified atom stereocenters. The van der Waals surface area contributed by atoms with Crippen LogP contribution in [0.1, 0.15) is 13.3 Å². The molecule has 1 aliphatic rings. The normalized spacial score (nSPS) is 33.2. The van der Waals surface area contributed by atoms with Gasteiger partial charge in [0.15, 0.2) is 5.44 Å². The number of ether oxygens (including phenoxy) is 1. The lowest BCUT2D eigenvalue weighted by Gasteiger charge is -2.41. The van der Waals surface area contributed by atoms with Crippen LogP contribution in [-0.4, -0.2) is 81.8 Å². The Morgan fingerprint density at radius 3 is 2.43 bits per heavy atom. The predicted molar refractivity (Wildman–Crippen MR) is 67.5 cm³/mol. The average molecular weight is 329 g/mol. The molecule has 0 spiro atoms. The standard InChI is InChI=1S/C10H19NO9S/c1-4(13)11-8-5(14)2-7(21(17,18)19)20-10(8)9(16)6(15)3-12/h5-10,12,14-16H,2-3H2,1H3,(H,11,13)(H,17,18,19)/t5-,6+,7-,8+,9+,10+/m0/s1. The maximum atomic E-state index is 11.1. The first kappa shape index (κ1) is 18.2. The van der Waals surface area contributed by atoms with E-state index in [1.165, 1.54) is 0 Å². The number of nitrogens with one attached hydrogen (secondary N) is 1. The zero-order valence-corrected chi connectivity index (χ0v) is 12.0. The zero-order chi connectivity index (χ0) is 16.4. The molecule has 0 aromatic carbocycles. The molecule has 10 nitrogen and oxygen atoms in total. The van der Waals surface area contributed by atoms with E-state index in [1.807, 2.05) is 0 Å². The van der Waals surface area contributed by atoms with Gasteiger partial charge in [0.25, 0.3) is 10.1 Å². The van der Waals surface area contributed by atoms with E-state index < -0.39 is 64.9 Å². The molecule has 1 fully saturated rings. The van der Waals surface area contributed by atoms with Crippen molar-refractivity contribution in [2.24, 2.45) is 0 Å². The number of carbonyl (C=O) groups is 1. The molecule has 1 amide bonds. The summed E-state index contributed by atoms with van der Waals surface area (Å²) < 4.78 is 36.2. The number of amides is 1. The Kier molecular flexibility index (Phi) is 6.04. The van der Waals surface area contributed by atoms with Gasteiger partial charge in [0.05, 0.1) is 18.8 Å². The van der Waals surface area contributed by atoms with Crippen molar-refractivity contribution in [1.82, 2.24) is 5.32 Å². The summed E-state index contributed by atoms with van der Waals surface area (Å²) in [6.45, 7) is 0.286. The summed E-state index contributed by atoms with van der Waals surface area (Å²) in [4.78, 5) is 11.1. The lowest BCUT2D eigenvalue weighted by Crippen LogP contribution is -2.63. The summed E-state index contributed by atoms with van der Waals surface area (Å²) in [5.41, 5.74) is -1.82. The lowest BCUT2D eigenvalue weighted by atomic mass is 9.92. The fourth-order valence-electron chi connectivity index (χ4n) is 2.10. The second-order valence-corrected chi connectivity index (χ2v) is 6.37. The number of carbonyl (C=O) groups excluding carboxylic acids is 1. The molecule has 124 valence electrons. The van der Waals surface area contributed by atoms with Gasteiger partial charge in [-0.05, 0) is 0 Å². The summed E-state index contributed by atoms with van der Waals surface area (Å²) in [5.74, 6) is -0.580. The van der Waals surface area contributed by atoms with E-state index in [2.05, 4.69) is 5.32 Å². The maximum Gasteiger partial charge on any atom is 0.292 e. The average Bonchev–Trinajstić information content (AvgIpc) is 2.37. The molecule has 0 saturated carbocycles. The molecule has 6 N–H and O–H groups in total. The molecule has 1 heterocycles. The minimum atomic E-state index is -4.66. The van der Waals surface area contributed by atoms with E-state index in [1.54, 1.807) is 0 Å². The highest BCUT2D eigenvalue weighted by Crippen LogP contribution is 2.26. The van der Waals surface area contributed by atoms with E-state index in [-0.39, 0.29) is 0 Å². The van der Waals surface area contributed by atoms with E-state index in [0.717, 1.165) is 6.92 Å². The van der Waals surface area contributed by atoms with Gasteiger partial charge < -0.3 is 30.5 Å². The van der Waals surface area contributed by atoms with Gasteiger partial charge in [-0.15, -0.1) is 0 Å². The predicted octanol–water partition coefficient (Wildman–Crippen LogP) is -3.43. The monoisotopic (exact) mass is 329 g/mol. The first-order chi connectivity index (χ1) is 9.57. The Morgan fingerprint density at radius 1 is 1.43 bits per heavy atom. The third-order valence-electron chi connectivity index (χ3n) is 3.13. The van der Waals surface area contributed by atoms with Crippen molar-refractivity contribution in [1.29, 1.82) is 0 Å².